The lowest BCUT2D eigenvalue weighted by atomic mass is 10.2. The summed E-state index contributed by atoms with van der Waals surface area (Å²) in [5, 5.41) is 0. The lowest BCUT2D eigenvalue weighted by molar-refractivity contribution is -0.141. The van der Waals surface area contributed by atoms with Gasteiger partial charge < -0.3 is 9.64 Å². The van der Waals surface area contributed by atoms with Crippen LogP contribution in [0.1, 0.15) is 19.8 Å². The van der Waals surface area contributed by atoms with Crippen LogP contribution >= 0.6 is 0 Å². The van der Waals surface area contributed by atoms with Gasteiger partial charge in [-0.15, -0.1) is 0 Å². The highest BCUT2D eigenvalue weighted by molar-refractivity contribution is 5.69. The Bertz CT molecular complexity index is 209. The Kier molecular flexibility index (Phi) is 5.05. The first kappa shape index (κ1) is 12.5. The molecule has 1 atom stereocenters. The molecule has 1 aliphatic heterocycles. The van der Waals surface area contributed by atoms with Crippen LogP contribution in [0, 0.1) is 0 Å². The molecule has 0 saturated carbocycles. The summed E-state index contributed by atoms with van der Waals surface area (Å²) >= 11 is 0. The molecule has 1 aliphatic rings. The SMILES string of the molecule is COC(=O)CC(C)N1CCCN(C)CC1. The van der Waals surface area contributed by atoms with Crippen LogP contribution in [0.3, 0.4) is 0 Å². The summed E-state index contributed by atoms with van der Waals surface area (Å²) in [5.41, 5.74) is 0. The summed E-state index contributed by atoms with van der Waals surface area (Å²) in [5.74, 6) is -0.111. The Morgan fingerprint density at radius 3 is 2.73 bits per heavy atom. The minimum Gasteiger partial charge on any atom is -0.469 e. The van der Waals surface area contributed by atoms with Crippen LogP contribution in [0.4, 0.5) is 0 Å². The quantitative estimate of drug-likeness (QED) is 0.643. The smallest absolute Gasteiger partial charge is 0.307 e. The normalized spacial score (nSPS) is 22.1. The van der Waals surface area contributed by atoms with Crippen LogP contribution in [-0.2, 0) is 9.53 Å². The molecular weight excluding hydrogens is 192 g/mol. The van der Waals surface area contributed by atoms with Crippen molar-refractivity contribution in [2.75, 3.05) is 40.3 Å². The predicted molar refractivity (Wildman–Crippen MR) is 59.8 cm³/mol. The number of likely N-dealkylation sites (N-methyl/N-ethyl adjacent to an activating group) is 1. The molecule has 0 N–H and O–H groups in total. The summed E-state index contributed by atoms with van der Waals surface area (Å²) in [6.45, 7) is 6.48. The van der Waals surface area contributed by atoms with E-state index in [2.05, 4.69) is 28.5 Å². The maximum atomic E-state index is 11.2. The topological polar surface area (TPSA) is 32.8 Å². The van der Waals surface area contributed by atoms with Crippen LogP contribution in [0.25, 0.3) is 0 Å². The third-order valence-corrected chi connectivity index (χ3v) is 3.07. The van der Waals surface area contributed by atoms with Gasteiger partial charge in [-0.25, -0.2) is 0 Å². The fourth-order valence-corrected chi connectivity index (χ4v) is 1.96. The van der Waals surface area contributed by atoms with Gasteiger partial charge in [-0.1, -0.05) is 0 Å². The third kappa shape index (κ3) is 4.18. The molecule has 0 aromatic carbocycles. The number of methoxy groups -OCH3 is 1. The highest BCUT2D eigenvalue weighted by Crippen LogP contribution is 2.09. The van der Waals surface area contributed by atoms with E-state index in [1.807, 2.05) is 0 Å². The first-order valence-corrected chi connectivity index (χ1v) is 5.63. The summed E-state index contributed by atoms with van der Waals surface area (Å²) in [4.78, 5) is 15.9. The fraction of sp³-hybridized carbons (Fsp3) is 0.909. The van der Waals surface area contributed by atoms with Crippen molar-refractivity contribution in [1.29, 1.82) is 0 Å². The largest absolute Gasteiger partial charge is 0.469 e. The monoisotopic (exact) mass is 214 g/mol. The number of carbonyl (C=O) groups excluding carboxylic acids is 1. The van der Waals surface area contributed by atoms with Gasteiger partial charge in [-0.3, -0.25) is 9.69 Å². The van der Waals surface area contributed by atoms with E-state index >= 15 is 0 Å². The maximum Gasteiger partial charge on any atom is 0.307 e. The Labute approximate surface area is 92.2 Å². The Hall–Kier alpha value is -0.610. The molecule has 0 amide bonds. The molecule has 0 aromatic heterocycles. The first-order valence-electron chi connectivity index (χ1n) is 5.63. The number of hydrogen-bond donors (Lipinski definition) is 0. The minimum absolute atomic E-state index is 0.111. The zero-order chi connectivity index (χ0) is 11.3. The molecule has 0 spiro atoms. The van der Waals surface area contributed by atoms with Crippen molar-refractivity contribution in [3.63, 3.8) is 0 Å². The molecule has 1 rings (SSSR count). The van der Waals surface area contributed by atoms with Gasteiger partial charge in [0.1, 0.15) is 0 Å². The van der Waals surface area contributed by atoms with Crippen molar-refractivity contribution in [2.24, 2.45) is 0 Å². The highest BCUT2D eigenvalue weighted by atomic mass is 16.5. The van der Waals surface area contributed by atoms with Crippen molar-refractivity contribution in [1.82, 2.24) is 9.80 Å². The van der Waals surface area contributed by atoms with Gasteiger partial charge in [-0.2, -0.15) is 0 Å². The van der Waals surface area contributed by atoms with E-state index in [1.165, 1.54) is 13.5 Å². The average molecular weight is 214 g/mol. The summed E-state index contributed by atoms with van der Waals surface area (Å²) in [7, 11) is 3.60. The van der Waals surface area contributed by atoms with Gasteiger partial charge in [0, 0.05) is 19.1 Å². The van der Waals surface area contributed by atoms with Crippen molar-refractivity contribution in [2.45, 2.75) is 25.8 Å². The van der Waals surface area contributed by atoms with Crippen LogP contribution in [0.5, 0.6) is 0 Å². The van der Waals surface area contributed by atoms with Gasteiger partial charge >= 0.3 is 5.97 Å². The molecule has 4 nitrogen and oxygen atoms in total. The number of ether oxygens (including phenoxy) is 1. The van der Waals surface area contributed by atoms with Crippen molar-refractivity contribution < 1.29 is 9.53 Å². The Morgan fingerprint density at radius 1 is 1.33 bits per heavy atom. The second kappa shape index (κ2) is 6.08. The number of esters is 1. The van der Waals surface area contributed by atoms with E-state index in [4.69, 9.17) is 0 Å². The molecule has 0 bridgehead atoms. The molecule has 1 saturated heterocycles. The molecular formula is C11H22N2O2. The third-order valence-electron chi connectivity index (χ3n) is 3.07. The van der Waals surface area contributed by atoms with Crippen molar-refractivity contribution >= 4 is 5.97 Å². The molecule has 0 aliphatic carbocycles. The van der Waals surface area contributed by atoms with Gasteiger partial charge in [-0.05, 0) is 33.5 Å². The van der Waals surface area contributed by atoms with Gasteiger partial charge in [0.2, 0.25) is 0 Å². The summed E-state index contributed by atoms with van der Waals surface area (Å²) < 4.78 is 4.69. The zero-order valence-corrected chi connectivity index (χ0v) is 10.0. The molecule has 0 radical (unpaired) electrons. The first-order chi connectivity index (χ1) is 7.13. The molecule has 1 fully saturated rings. The van der Waals surface area contributed by atoms with Crippen LogP contribution < -0.4 is 0 Å². The molecule has 1 unspecified atom stereocenters. The van der Waals surface area contributed by atoms with E-state index in [9.17, 15) is 4.79 Å². The van der Waals surface area contributed by atoms with E-state index in [0.717, 1.165) is 26.2 Å². The molecule has 0 aromatic rings. The lowest BCUT2D eigenvalue weighted by Crippen LogP contribution is -2.37. The van der Waals surface area contributed by atoms with Crippen LogP contribution in [0.15, 0.2) is 0 Å². The van der Waals surface area contributed by atoms with Gasteiger partial charge in [0.25, 0.3) is 0 Å². The average Bonchev–Trinajstić information content (AvgIpc) is 2.42. The van der Waals surface area contributed by atoms with Crippen molar-refractivity contribution in [3.8, 4) is 0 Å². The fourth-order valence-electron chi connectivity index (χ4n) is 1.96. The van der Waals surface area contributed by atoms with Crippen LogP contribution in [0.2, 0.25) is 0 Å². The molecule has 88 valence electrons. The van der Waals surface area contributed by atoms with E-state index in [-0.39, 0.29) is 5.97 Å². The van der Waals surface area contributed by atoms with E-state index in [1.54, 1.807) is 0 Å². The summed E-state index contributed by atoms with van der Waals surface area (Å²) in [6.07, 6.45) is 1.68. The lowest BCUT2D eigenvalue weighted by Gasteiger charge is -2.26. The molecule has 15 heavy (non-hydrogen) atoms. The standard InChI is InChI=1S/C11H22N2O2/c1-10(9-11(14)15-3)13-6-4-5-12(2)7-8-13/h10H,4-9H2,1-3H3. The van der Waals surface area contributed by atoms with Crippen LogP contribution in [-0.4, -0.2) is 62.1 Å². The second-order valence-electron chi connectivity index (χ2n) is 4.32. The van der Waals surface area contributed by atoms with E-state index < -0.39 is 0 Å². The number of rotatable bonds is 3. The Morgan fingerprint density at radius 2 is 2.07 bits per heavy atom. The second-order valence-corrected chi connectivity index (χ2v) is 4.32. The van der Waals surface area contributed by atoms with Crippen molar-refractivity contribution in [3.05, 3.63) is 0 Å². The van der Waals surface area contributed by atoms with E-state index in [0.29, 0.717) is 12.5 Å². The molecule has 4 heteroatoms. The number of carbonyl (C=O) groups is 1. The van der Waals surface area contributed by atoms with Gasteiger partial charge in [0.05, 0.1) is 13.5 Å². The zero-order valence-electron chi connectivity index (χ0n) is 10.0. The number of hydrogen-bond acceptors (Lipinski definition) is 4. The Balaban J connectivity index is 2.37. The maximum absolute atomic E-state index is 11.2. The molecule has 1 heterocycles. The van der Waals surface area contributed by atoms with Gasteiger partial charge in [0.15, 0.2) is 0 Å². The summed E-state index contributed by atoms with van der Waals surface area (Å²) in [6, 6.07) is 0.295. The number of nitrogens with zero attached hydrogens (tertiary/aromatic N) is 2. The minimum atomic E-state index is -0.111. The highest BCUT2D eigenvalue weighted by Gasteiger charge is 2.19. The predicted octanol–water partition coefficient (Wildman–Crippen LogP) is 0.576.